The molecule has 8 nitrogen and oxygen atoms in total. The first-order valence-corrected chi connectivity index (χ1v) is 15.1. The topological polar surface area (TPSA) is 96.0 Å². The average Bonchev–Trinajstić information content (AvgIpc) is 2.95. The summed E-state index contributed by atoms with van der Waals surface area (Å²) in [7, 11) is -4.18. The first-order chi connectivity index (χ1) is 19.5. The number of hydrogen-bond donors (Lipinski definition) is 1. The minimum absolute atomic E-state index is 0.0180. The summed E-state index contributed by atoms with van der Waals surface area (Å²) in [4.78, 5) is 28.4. The molecule has 0 aliphatic carbocycles. The third-order valence-corrected chi connectivity index (χ3v) is 8.55. The Morgan fingerprint density at radius 3 is 2.10 bits per heavy atom. The molecule has 0 spiro atoms. The Labute approximate surface area is 242 Å². The summed E-state index contributed by atoms with van der Waals surface area (Å²) >= 11 is 0. The molecule has 3 aromatic carbocycles. The second-order valence-electron chi connectivity index (χ2n) is 9.89. The van der Waals surface area contributed by atoms with Crippen LogP contribution in [0, 0.1) is 12.7 Å². The SMILES string of the molecule is CCOc1ccc(N(CC(=O)N(Cc2ccc(F)cc2)[C@@H](C)C(=O)N[C@H](C)CC)S(=O)(=O)c2ccc(C)cc2)cc1. The zero-order valence-electron chi connectivity index (χ0n) is 24.1. The largest absolute Gasteiger partial charge is 0.494 e. The van der Waals surface area contributed by atoms with Gasteiger partial charge in [0.15, 0.2) is 0 Å². The number of nitrogens with one attached hydrogen (secondary N) is 1. The molecule has 1 N–H and O–H groups in total. The lowest BCUT2D eigenvalue weighted by Gasteiger charge is -2.32. The molecule has 0 heterocycles. The predicted molar refractivity (Wildman–Crippen MR) is 158 cm³/mol. The van der Waals surface area contributed by atoms with Crippen molar-refractivity contribution < 1.29 is 27.1 Å². The zero-order chi connectivity index (χ0) is 30.2. The maximum atomic E-state index is 13.9. The first-order valence-electron chi connectivity index (χ1n) is 13.6. The molecule has 10 heteroatoms. The van der Waals surface area contributed by atoms with Crippen LogP contribution in [0.5, 0.6) is 5.75 Å². The highest BCUT2D eigenvalue weighted by Gasteiger charge is 2.32. The van der Waals surface area contributed by atoms with Crippen molar-refractivity contribution in [3.05, 3.63) is 89.7 Å². The van der Waals surface area contributed by atoms with Gasteiger partial charge in [0.25, 0.3) is 10.0 Å². The summed E-state index contributed by atoms with van der Waals surface area (Å²) in [5, 5.41) is 2.89. The van der Waals surface area contributed by atoms with Gasteiger partial charge in [-0.15, -0.1) is 0 Å². The quantitative estimate of drug-likeness (QED) is 0.304. The normalized spacial score (nSPS) is 12.7. The fraction of sp³-hybridized carbons (Fsp3) is 0.355. The molecule has 3 aromatic rings. The van der Waals surface area contributed by atoms with Gasteiger partial charge in [0.2, 0.25) is 11.8 Å². The third kappa shape index (κ3) is 8.29. The van der Waals surface area contributed by atoms with E-state index in [0.717, 1.165) is 9.87 Å². The van der Waals surface area contributed by atoms with Gasteiger partial charge in [0.1, 0.15) is 24.2 Å². The van der Waals surface area contributed by atoms with E-state index >= 15 is 0 Å². The van der Waals surface area contributed by atoms with E-state index in [-0.39, 0.29) is 29.1 Å². The number of aryl methyl sites for hydroxylation is 1. The first kappa shape index (κ1) is 31.6. The van der Waals surface area contributed by atoms with Crippen LogP contribution in [0.3, 0.4) is 0 Å². The molecule has 41 heavy (non-hydrogen) atoms. The lowest BCUT2D eigenvalue weighted by molar-refractivity contribution is -0.139. The van der Waals surface area contributed by atoms with Gasteiger partial charge in [-0.25, -0.2) is 12.8 Å². The highest BCUT2D eigenvalue weighted by molar-refractivity contribution is 7.92. The summed E-state index contributed by atoms with van der Waals surface area (Å²) in [6, 6.07) is 17.4. The van der Waals surface area contributed by atoms with Gasteiger partial charge in [0.05, 0.1) is 17.2 Å². The van der Waals surface area contributed by atoms with E-state index in [0.29, 0.717) is 24.3 Å². The fourth-order valence-corrected chi connectivity index (χ4v) is 5.49. The van der Waals surface area contributed by atoms with Crippen LogP contribution in [-0.4, -0.2) is 50.4 Å². The van der Waals surface area contributed by atoms with Gasteiger partial charge in [-0.05, 0) is 88.2 Å². The van der Waals surface area contributed by atoms with E-state index in [1.807, 2.05) is 27.7 Å². The molecule has 0 bridgehead atoms. The number of nitrogens with zero attached hydrogens (tertiary/aromatic N) is 2. The van der Waals surface area contributed by atoms with Gasteiger partial charge < -0.3 is 15.0 Å². The second-order valence-corrected chi connectivity index (χ2v) is 11.8. The van der Waals surface area contributed by atoms with E-state index in [1.54, 1.807) is 43.3 Å². The molecule has 0 aliphatic heterocycles. The van der Waals surface area contributed by atoms with Crippen molar-refractivity contribution >= 4 is 27.5 Å². The molecule has 0 unspecified atom stereocenters. The molecule has 0 saturated carbocycles. The van der Waals surface area contributed by atoms with Crippen molar-refractivity contribution in [2.75, 3.05) is 17.5 Å². The Bertz CT molecular complexity index is 1410. The van der Waals surface area contributed by atoms with Crippen LogP contribution in [0.15, 0.2) is 77.7 Å². The van der Waals surface area contributed by atoms with E-state index < -0.39 is 34.3 Å². The predicted octanol–water partition coefficient (Wildman–Crippen LogP) is 5.06. The lowest BCUT2D eigenvalue weighted by Crippen LogP contribution is -2.52. The molecule has 2 atom stereocenters. The molecule has 0 fully saturated rings. The number of rotatable bonds is 13. The van der Waals surface area contributed by atoms with Gasteiger partial charge in [-0.3, -0.25) is 13.9 Å². The van der Waals surface area contributed by atoms with Gasteiger partial charge in [-0.1, -0.05) is 36.8 Å². The van der Waals surface area contributed by atoms with E-state index in [4.69, 9.17) is 4.74 Å². The van der Waals surface area contributed by atoms with Gasteiger partial charge >= 0.3 is 0 Å². The number of halogens is 1. The molecular formula is C31H38FN3O5S. The Morgan fingerprint density at radius 1 is 0.927 bits per heavy atom. The number of ether oxygens (including phenoxy) is 1. The van der Waals surface area contributed by atoms with Crippen LogP contribution in [0.25, 0.3) is 0 Å². The summed E-state index contributed by atoms with van der Waals surface area (Å²) in [5.74, 6) is -0.835. The fourth-order valence-electron chi connectivity index (χ4n) is 4.08. The van der Waals surface area contributed by atoms with Crippen molar-refractivity contribution in [2.45, 2.75) is 64.6 Å². The van der Waals surface area contributed by atoms with Gasteiger partial charge in [0, 0.05) is 12.6 Å². The van der Waals surface area contributed by atoms with Crippen molar-refractivity contribution in [1.82, 2.24) is 10.2 Å². The van der Waals surface area contributed by atoms with Crippen LogP contribution < -0.4 is 14.4 Å². The molecule has 220 valence electrons. The van der Waals surface area contributed by atoms with Crippen LogP contribution >= 0.6 is 0 Å². The maximum Gasteiger partial charge on any atom is 0.264 e. The number of carbonyl (C=O) groups excluding carboxylic acids is 2. The Hall–Kier alpha value is -3.92. The number of carbonyl (C=O) groups is 2. The smallest absolute Gasteiger partial charge is 0.264 e. The molecule has 0 aromatic heterocycles. The number of benzene rings is 3. The number of sulfonamides is 1. The monoisotopic (exact) mass is 583 g/mol. The van der Waals surface area contributed by atoms with Gasteiger partial charge in [-0.2, -0.15) is 0 Å². The molecule has 3 rings (SSSR count). The Balaban J connectivity index is 2.02. The van der Waals surface area contributed by atoms with Crippen molar-refractivity contribution in [1.29, 1.82) is 0 Å². The number of amides is 2. The summed E-state index contributed by atoms with van der Waals surface area (Å²) < 4.78 is 47.9. The molecule has 0 aliphatic rings. The summed E-state index contributed by atoms with van der Waals surface area (Å²) in [6.07, 6.45) is 0.699. The molecule has 0 radical (unpaired) electrons. The number of anilines is 1. The summed E-state index contributed by atoms with van der Waals surface area (Å²) in [6.45, 7) is 8.94. The highest BCUT2D eigenvalue weighted by Crippen LogP contribution is 2.27. The molecule has 2 amide bonds. The standard InChI is InChI=1S/C31H38FN3O5S/c1-6-23(4)33-31(37)24(5)34(20-25-10-12-26(32)13-11-25)30(36)21-35(27-14-16-28(17-15-27)40-7-2)41(38,39)29-18-8-22(3)9-19-29/h8-19,23-24H,6-7,20-21H2,1-5H3,(H,33,37)/t23-,24+/m1/s1. The van der Waals surface area contributed by atoms with Crippen LogP contribution in [0.2, 0.25) is 0 Å². The molecule has 0 saturated heterocycles. The minimum Gasteiger partial charge on any atom is -0.494 e. The van der Waals surface area contributed by atoms with Crippen molar-refractivity contribution in [3.63, 3.8) is 0 Å². The zero-order valence-corrected chi connectivity index (χ0v) is 24.9. The Morgan fingerprint density at radius 2 is 1.54 bits per heavy atom. The van der Waals surface area contributed by atoms with Crippen LogP contribution in [0.1, 0.15) is 45.2 Å². The third-order valence-electron chi connectivity index (χ3n) is 6.76. The van der Waals surface area contributed by atoms with E-state index in [1.165, 1.54) is 41.3 Å². The van der Waals surface area contributed by atoms with Crippen molar-refractivity contribution in [2.24, 2.45) is 0 Å². The lowest BCUT2D eigenvalue weighted by atomic mass is 10.1. The summed E-state index contributed by atoms with van der Waals surface area (Å²) in [5.41, 5.74) is 1.75. The average molecular weight is 584 g/mol. The highest BCUT2D eigenvalue weighted by atomic mass is 32.2. The number of hydrogen-bond acceptors (Lipinski definition) is 5. The van der Waals surface area contributed by atoms with E-state index in [2.05, 4.69) is 5.32 Å². The van der Waals surface area contributed by atoms with Crippen LogP contribution in [-0.2, 0) is 26.2 Å². The Kier molecular flexibility index (Phi) is 10.9. The maximum absolute atomic E-state index is 13.9. The van der Waals surface area contributed by atoms with Crippen molar-refractivity contribution in [3.8, 4) is 5.75 Å². The minimum atomic E-state index is -4.18. The van der Waals surface area contributed by atoms with E-state index in [9.17, 15) is 22.4 Å². The van der Waals surface area contributed by atoms with Crippen LogP contribution in [0.4, 0.5) is 10.1 Å². The second kappa shape index (κ2) is 14.1. The molecular weight excluding hydrogens is 545 g/mol.